The van der Waals surface area contributed by atoms with Gasteiger partial charge in [-0.3, -0.25) is 34.5 Å². The number of rotatable bonds is 13. The van der Waals surface area contributed by atoms with E-state index >= 15 is 0 Å². The second-order valence-electron chi connectivity index (χ2n) is 18.9. The molecule has 4 aliphatic heterocycles. The molecule has 6 heterocycles. The van der Waals surface area contributed by atoms with Crippen LogP contribution in [-0.2, 0) is 37.2 Å². The van der Waals surface area contributed by atoms with E-state index < -0.39 is 18.6 Å². The quantitative estimate of drug-likeness (QED) is 0.0809. The molecule has 17 heteroatoms. The Labute approximate surface area is 399 Å². The maximum atomic E-state index is 13.9. The lowest BCUT2D eigenvalue weighted by Crippen LogP contribution is -2.54. The number of amides is 3. The van der Waals surface area contributed by atoms with E-state index in [9.17, 15) is 18.9 Å². The van der Waals surface area contributed by atoms with Crippen LogP contribution in [0.25, 0.3) is 10.9 Å². The van der Waals surface area contributed by atoms with Crippen molar-refractivity contribution in [2.75, 3.05) is 86.7 Å². The number of piperidine rings is 2. The molecule has 1 atom stereocenters. The lowest BCUT2D eigenvalue weighted by atomic mass is 9.91. The fourth-order valence-corrected chi connectivity index (χ4v) is 12.7. The maximum Gasteiger partial charge on any atom is 0.249 e. The van der Waals surface area contributed by atoms with Crippen LogP contribution in [0.5, 0.6) is 5.75 Å². The van der Waals surface area contributed by atoms with E-state index in [0.717, 1.165) is 117 Å². The fourth-order valence-electron chi connectivity index (χ4n) is 10.9. The molecule has 67 heavy (non-hydrogen) atoms. The lowest BCUT2D eigenvalue weighted by molar-refractivity contribution is -0.135. The summed E-state index contributed by atoms with van der Waals surface area (Å²) in [5.74, 6) is 0.994. The van der Waals surface area contributed by atoms with Gasteiger partial charge in [0.05, 0.1) is 40.1 Å². The van der Waals surface area contributed by atoms with Crippen molar-refractivity contribution in [2.45, 2.75) is 75.8 Å². The Bertz CT molecular complexity index is 2820. The van der Waals surface area contributed by atoms with Crippen molar-refractivity contribution < 1.29 is 23.7 Å². The Morgan fingerprint density at radius 3 is 2.37 bits per heavy atom. The van der Waals surface area contributed by atoms with Gasteiger partial charge < -0.3 is 29.7 Å². The average Bonchev–Trinajstić information content (AvgIpc) is 4.10. The molecule has 4 fully saturated rings. The third-order valence-electron chi connectivity index (χ3n) is 14.5. The van der Waals surface area contributed by atoms with Crippen molar-refractivity contribution in [2.24, 2.45) is 0 Å². The van der Waals surface area contributed by atoms with Gasteiger partial charge in [0.15, 0.2) is 0 Å². The number of halogens is 1. The van der Waals surface area contributed by atoms with Crippen molar-refractivity contribution in [1.82, 2.24) is 30.1 Å². The number of anilines is 6. The van der Waals surface area contributed by atoms with Gasteiger partial charge in [0.25, 0.3) is 0 Å². The van der Waals surface area contributed by atoms with Crippen LogP contribution >= 0.6 is 23.1 Å². The van der Waals surface area contributed by atoms with Gasteiger partial charge in [-0.05, 0) is 109 Å². The fraction of sp³-hybridized carbons (Fsp3) is 0.440. The predicted molar refractivity (Wildman–Crippen MR) is 267 cm³/mol. The number of fused-ring (bicyclic) bond motifs is 3. The molecule has 3 amide bonds. The van der Waals surface area contributed by atoms with Gasteiger partial charge in [-0.1, -0.05) is 37.3 Å². The number of carbonyl (C=O) groups is 3. The summed E-state index contributed by atoms with van der Waals surface area (Å²) in [5.41, 5.74) is 7.27. The molecule has 3 N–H and O–H groups in total. The molecule has 0 bridgehead atoms. The Hall–Kier alpha value is -5.41. The monoisotopic (exact) mass is 988 g/mol. The molecule has 3 saturated heterocycles. The highest BCUT2D eigenvalue weighted by Gasteiger charge is 2.62. The number of nitrogens with zero attached hydrogens (tertiary/aromatic N) is 7. The van der Waals surface area contributed by atoms with E-state index in [0.29, 0.717) is 40.1 Å². The van der Waals surface area contributed by atoms with Crippen LogP contribution in [0.2, 0.25) is 0 Å². The van der Waals surface area contributed by atoms with Gasteiger partial charge in [0, 0.05) is 92.6 Å². The molecule has 10 rings (SSSR count). The van der Waals surface area contributed by atoms with E-state index in [1.807, 2.05) is 36.4 Å². The van der Waals surface area contributed by atoms with Gasteiger partial charge in [-0.25, -0.2) is 4.98 Å². The van der Waals surface area contributed by atoms with Crippen LogP contribution in [0.15, 0.2) is 71.5 Å². The average molecular weight is 990 g/mol. The van der Waals surface area contributed by atoms with E-state index in [1.165, 1.54) is 16.8 Å². The molecule has 1 aliphatic carbocycles. The topological polar surface area (TPSA) is 165 Å². The van der Waals surface area contributed by atoms with Crippen molar-refractivity contribution >= 4 is 91.5 Å². The van der Waals surface area contributed by atoms with Crippen LogP contribution in [0.1, 0.15) is 62.1 Å². The molecule has 1 saturated carbocycles. The molecule has 2 aromatic heterocycles. The number of ether oxygens (including phenoxy) is 1. The number of piperazine rings is 1. The second kappa shape index (κ2) is 18.2. The van der Waals surface area contributed by atoms with Gasteiger partial charge in [-0.2, -0.15) is 4.98 Å². The molecule has 5 aliphatic rings. The second-order valence-corrected chi connectivity index (χ2v) is 22.9. The van der Waals surface area contributed by atoms with Crippen molar-refractivity contribution in [3.05, 3.63) is 88.2 Å². The summed E-state index contributed by atoms with van der Waals surface area (Å²) in [6.07, 6.45) is 9.53. The molecular weight excluding hydrogens is 931 g/mol. The Balaban J connectivity index is 0.757. The highest BCUT2D eigenvalue weighted by Crippen LogP contribution is 2.59. The van der Waals surface area contributed by atoms with Crippen LogP contribution in [0.3, 0.4) is 0 Å². The zero-order valence-electron chi connectivity index (χ0n) is 38.6. The number of aryl methyl sites for hydroxylation is 1. The summed E-state index contributed by atoms with van der Waals surface area (Å²) in [6, 6.07) is 18.1. The smallest absolute Gasteiger partial charge is 0.249 e. The zero-order chi connectivity index (χ0) is 46.6. The molecule has 1 unspecified atom stereocenters. The molecule has 3 aromatic carbocycles. The number of hydrogen-bond donors (Lipinski definition) is 3. The lowest BCUT2D eigenvalue weighted by Gasteiger charge is -2.43. The van der Waals surface area contributed by atoms with Crippen LogP contribution < -0.4 is 35.8 Å². The summed E-state index contributed by atoms with van der Waals surface area (Å²) in [5, 5.41) is 10.8. The summed E-state index contributed by atoms with van der Waals surface area (Å²) < 4.78 is 20.2. The van der Waals surface area contributed by atoms with E-state index in [-0.39, 0.29) is 24.1 Å². The molecule has 5 aromatic rings. The largest absolute Gasteiger partial charge is 0.494 e. The third-order valence-corrected chi connectivity index (χ3v) is 16.6. The van der Waals surface area contributed by atoms with Crippen molar-refractivity contribution in [1.29, 1.82) is 0 Å². The molecule has 0 radical (unpaired) electrons. The number of hydrogen-bond acceptors (Lipinski definition) is 13. The predicted octanol–water partition coefficient (Wildman–Crippen LogP) is 7.11. The van der Waals surface area contributed by atoms with Gasteiger partial charge in [0.1, 0.15) is 24.8 Å². The molecule has 1 spiro atoms. The third kappa shape index (κ3) is 8.70. The number of imide groups is 1. The highest BCUT2D eigenvalue weighted by atomic mass is 79.9. The number of benzene rings is 3. The summed E-state index contributed by atoms with van der Waals surface area (Å²) in [6.45, 7) is 12.6. The van der Waals surface area contributed by atoms with E-state index in [1.54, 1.807) is 37.7 Å². The zero-order valence-corrected chi connectivity index (χ0v) is 41.1. The molecule has 15 nitrogen and oxygen atoms in total. The summed E-state index contributed by atoms with van der Waals surface area (Å²) in [4.78, 5) is 62.1. The number of carbonyl (C=O) groups excluding carboxylic acids is 3. The summed E-state index contributed by atoms with van der Waals surface area (Å²) in [7, 11) is -1.03. The first-order valence-corrected chi connectivity index (χ1v) is 27.0. The van der Waals surface area contributed by atoms with Crippen LogP contribution in [0, 0.1) is 0 Å². The van der Waals surface area contributed by atoms with Gasteiger partial charge in [-0.15, -0.1) is 0 Å². The van der Waals surface area contributed by atoms with Crippen molar-refractivity contribution in [3.8, 4) is 5.75 Å². The molecular formula is C50H58BrN10O5P. The SMILES string of the molecule is CCc1cc(Nc2ncc(Br)c(Nc3cnc4ccccc4c3P(C)(C)=O)n2)c(OC)cc1N1CCC(N2CCN(CCc3cccc4c3C3(CC3)C(=O)N4C3CCC(=O)NC3=O)CC2)CC1. The van der Waals surface area contributed by atoms with Gasteiger partial charge in [0.2, 0.25) is 23.7 Å². The Morgan fingerprint density at radius 1 is 0.881 bits per heavy atom. The number of nitrogens with one attached hydrogen (secondary N) is 3. The Kier molecular flexibility index (Phi) is 12.4. The first kappa shape index (κ1) is 45.4. The Morgan fingerprint density at radius 2 is 1.66 bits per heavy atom. The normalized spacial score (nSPS) is 20.1. The molecule has 350 valence electrons. The number of aromatic nitrogens is 3. The first-order valence-electron chi connectivity index (χ1n) is 23.6. The highest BCUT2D eigenvalue weighted by molar-refractivity contribution is 9.10. The minimum absolute atomic E-state index is 0.0250. The number of para-hydroxylation sites is 1. The minimum atomic E-state index is -2.72. The number of methoxy groups -OCH3 is 1. The first-order chi connectivity index (χ1) is 32.3. The van der Waals surface area contributed by atoms with Crippen LogP contribution in [-0.4, -0.2) is 121 Å². The van der Waals surface area contributed by atoms with E-state index in [2.05, 4.69) is 81.7 Å². The van der Waals surface area contributed by atoms with Gasteiger partial charge >= 0.3 is 0 Å². The minimum Gasteiger partial charge on any atom is -0.494 e. The number of pyridine rings is 1. The van der Waals surface area contributed by atoms with Crippen molar-refractivity contribution in [3.63, 3.8) is 0 Å². The van der Waals surface area contributed by atoms with Crippen LogP contribution in [0.4, 0.5) is 34.5 Å². The van der Waals surface area contributed by atoms with E-state index in [4.69, 9.17) is 9.72 Å². The standard InChI is InChI=1S/C50H58BrN10O5P/c1-5-31-27-37(55-49-53-29-35(51)46(57-49)54-38-30-52-36-11-7-6-10-34(36)45(38)67(3,4)65)42(66-2)28-41(31)60-21-16-33(17-22-60)59-25-23-58(24-26-59)20-15-32-9-8-12-39-44(32)50(18-19-50)48(64)61(39)40-13-14-43(62)56-47(40)63/h6-12,27-30,33,40H,5,13-26H2,1-4H3,(H,56,62,63)(H2,53,54,55,57). The maximum absolute atomic E-state index is 13.9. The summed E-state index contributed by atoms with van der Waals surface area (Å²) >= 11 is 3.61.